The number of benzene rings is 2. The third-order valence-electron chi connectivity index (χ3n) is 3.95. The predicted octanol–water partition coefficient (Wildman–Crippen LogP) is 7.60. The van der Waals surface area contributed by atoms with Gasteiger partial charge in [-0.25, -0.2) is 0 Å². The highest BCUT2D eigenvalue weighted by molar-refractivity contribution is 9.11. The SMILES string of the molecule is CCOP(=O)(Cc1ccc(Oc2cc(Br)c(C(C)C)c(Br)c2O)cc1)OCC. The average molecular weight is 536 g/mol. The lowest BCUT2D eigenvalue weighted by Crippen LogP contribution is -1.99. The Morgan fingerprint density at radius 2 is 1.64 bits per heavy atom. The normalized spacial score (nSPS) is 11.8. The molecule has 8 heteroatoms. The van der Waals surface area contributed by atoms with Gasteiger partial charge in [-0.1, -0.05) is 41.9 Å². The number of hydrogen-bond acceptors (Lipinski definition) is 5. The van der Waals surface area contributed by atoms with E-state index in [1.165, 1.54) is 0 Å². The van der Waals surface area contributed by atoms with Crippen molar-refractivity contribution in [3.63, 3.8) is 0 Å². The summed E-state index contributed by atoms with van der Waals surface area (Å²) in [4.78, 5) is 0. The minimum Gasteiger partial charge on any atom is -0.503 e. The summed E-state index contributed by atoms with van der Waals surface area (Å²) >= 11 is 6.99. The summed E-state index contributed by atoms with van der Waals surface area (Å²) in [6.07, 6.45) is 0.195. The molecule has 0 unspecified atom stereocenters. The average Bonchev–Trinajstić information content (AvgIpc) is 2.61. The van der Waals surface area contributed by atoms with Gasteiger partial charge in [0.25, 0.3) is 0 Å². The van der Waals surface area contributed by atoms with E-state index in [9.17, 15) is 9.67 Å². The van der Waals surface area contributed by atoms with Crippen LogP contribution in [0.4, 0.5) is 0 Å². The van der Waals surface area contributed by atoms with Crippen LogP contribution in [0.1, 0.15) is 44.7 Å². The van der Waals surface area contributed by atoms with Gasteiger partial charge in [-0.3, -0.25) is 4.57 Å². The maximum Gasteiger partial charge on any atom is 0.335 e. The smallest absolute Gasteiger partial charge is 0.335 e. The summed E-state index contributed by atoms with van der Waals surface area (Å²) in [7, 11) is -3.15. The molecule has 0 atom stereocenters. The molecule has 0 saturated heterocycles. The number of aromatic hydroxyl groups is 1. The van der Waals surface area contributed by atoms with Crippen LogP contribution in [0.25, 0.3) is 0 Å². The molecule has 0 aliphatic carbocycles. The van der Waals surface area contributed by atoms with Gasteiger partial charge in [-0.05, 0) is 65.0 Å². The van der Waals surface area contributed by atoms with Crippen molar-refractivity contribution in [2.75, 3.05) is 13.2 Å². The molecule has 0 aromatic heterocycles. The molecule has 1 N–H and O–H groups in total. The zero-order valence-corrected chi connectivity index (χ0v) is 20.4. The maximum absolute atomic E-state index is 12.6. The Labute approximate surface area is 183 Å². The van der Waals surface area contributed by atoms with Crippen LogP contribution in [0, 0.1) is 0 Å². The highest BCUT2D eigenvalue weighted by Crippen LogP contribution is 2.51. The minimum atomic E-state index is -3.15. The molecule has 0 saturated carbocycles. The van der Waals surface area contributed by atoms with Gasteiger partial charge in [0.05, 0.1) is 23.8 Å². The van der Waals surface area contributed by atoms with E-state index in [-0.39, 0.29) is 17.8 Å². The molecule has 0 aliphatic rings. The van der Waals surface area contributed by atoms with Crippen molar-refractivity contribution in [3.8, 4) is 17.2 Å². The zero-order valence-electron chi connectivity index (χ0n) is 16.4. The molecule has 5 nitrogen and oxygen atoms in total. The second-order valence-electron chi connectivity index (χ2n) is 6.44. The Morgan fingerprint density at radius 3 is 2.14 bits per heavy atom. The van der Waals surface area contributed by atoms with E-state index in [4.69, 9.17) is 13.8 Å². The van der Waals surface area contributed by atoms with Crippen LogP contribution in [0.3, 0.4) is 0 Å². The summed E-state index contributed by atoms with van der Waals surface area (Å²) in [5, 5.41) is 10.5. The molecule has 28 heavy (non-hydrogen) atoms. The quantitative estimate of drug-likeness (QED) is 0.335. The van der Waals surface area contributed by atoms with Gasteiger partial charge in [-0.2, -0.15) is 0 Å². The van der Waals surface area contributed by atoms with Crippen LogP contribution >= 0.6 is 39.5 Å². The molecule has 0 heterocycles. The highest BCUT2D eigenvalue weighted by atomic mass is 79.9. The Hall–Kier alpha value is -0.850. The largest absolute Gasteiger partial charge is 0.503 e. The molecule has 0 bridgehead atoms. The van der Waals surface area contributed by atoms with Crippen LogP contribution in [0.5, 0.6) is 17.2 Å². The first-order valence-corrected chi connectivity index (χ1v) is 12.4. The Balaban J connectivity index is 2.20. The van der Waals surface area contributed by atoms with Crippen LogP contribution in [-0.2, 0) is 19.8 Å². The summed E-state index contributed by atoms with van der Waals surface area (Å²) in [5.74, 6) is 1.17. The van der Waals surface area contributed by atoms with E-state index in [0.717, 1.165) is 15.6 Å². The third-order valence-corrected chi connectivity index (χ3v) is 7.46. The van der Waals surface area contributed by atoms with Crippen molar-refractivity contribution in [1.82, 2.24) is 0 Å². The lowest BCUT2D eigenvalue weighted by atomic mass is 10.0. The van der Waals surface area contributed by atoms with Gasteiger partial charge in [-0.15, -0.1) is 0 Å². The van der Waals surface area contributed by atoms with Gasteiger partial charge >= 0.3 is 7.60 Å². The molecule has 0 fully saturated rings. The molecule has 0 spiro atoms. The van der Waals surface area contributed by atoms with E-state index in [0.29, 0.717) is 29.2 Å². The Morgan fingerprint density at radius 1 is 1.07 bits per heavy atom. The van der Waals surface area contributed by atoms with E-state index >= 15 is 0 Å². The second-order valence-corrected chi connectivity index (χ2v) is 10.1. The van der Waals surface area contributed by atoms with Gasteiger partial charge in [0.1, 0.15) is 5.75 Å². The number of halogens is 2. The second kappa shape index (κ2) is 10.3. The van der Waals surface area contributed by atoms with Crippen molar-refractivity contribution in [3.05, 3.63) is 50.4 Å². The molecular formula is C20H25Br2O5P. The lowest BCUT2D eigenvalue weighted by molar-refractivity contribution is 0.219. The third kappa shape index (κ3) is 5.83. The van der Waals surface area contributed by atoms with Gasteiger partial charge in [0.15, 0.2) is 11.5 Å². The van der Waals surface area contributed by atoms with E-state index in [1.807, 2.05) is 26.0 Å². The molecule has 2 aromatic carbocycles. The van der Waals surface area contributed by atoms with Crippen LogP contribution in [0.2, 0.25) is 0 Å². The Bertz CT molecular complexity index is 843. The number of rotatable bonds is 9. The molecule has 2 rings (SSSR count). The fraction of sp³-hybridized carbons (Fsp3) is 0.400. The van der Waals surface area contributed by atoms with Crippen molar-refractivity contribution < 1.29 is 23.5 Å². The van der Waals surface area contributed by atoms with Crippen molar-refractivity contribution in [1.29, 1.82) is 0 Å². The number of phenolic OH excluding ortho intramolecular Hbond substituents is 1. The molecular weight excluding hydrogens is 511 g/mol. The fourth-order valence-corrected chi connectivity index (χ4v) is 6.44. The highest BCUT2D eigenvalue weighted by Gasteiger charge is 2.24. The molecule has 2 aromatic rings. The predicted molar refractivity (Wildman–Crippen MR) is 119 cm³/mol. The van der Waals surface area contributed by atoms with Crippen LogP contribution in [0.15, 0.2) is 39.3 Å². The standard InChI is InChI=1S/C20H25Br2O5P/c1-5-25-28(24,26-6-2)12-14-7-9-15(10-8-14)27-17-11-16(21)18(13(3)4)19(22)20(17)23/h7-11,13,23H,5-6,12H2,1-4H3. The molecule has 0 amide bonds. The topological polar surface area (TPSA) is 65.0 Å². The van der Waals surface area contributed by atoms with Crippen molar-refractivity contribution >= 4 is 39.5 Å². The first-order chi connectivity index (χ1) is 13.2. The van der Waals surface area contributed by atoms with Crippen molar-refractivity contribution in [2.24, 2.45) is 0 Å². The van der Waals surface area contributed by atoms with E-state index in [1.54, 1.807) is 32.0 Å². The number of hydrogen-bond donors (Lipinski definition) is 1. The van der Waals surface area contributed by atoms with E-state index < -0.39 is 7.60 Å². The van der Waals surface area contributed by atoms with Crippen LogP contribution in [-0.4, -0.2) is 18.3 Å². The van der Waals surface area contributed by atoms with Gasteiger partial charge in [0, 0.05) is 4.47 Å². The van der Waals surface area contributed by atoms with Crippen LogP contribution < -0.4 is 4.74 Å². The van der Waals surface area contributed by atoms with E-state index in [2.05, 4.69) is 31.9 Å². The maximum atomic E-state index is 12.6. The number of ether oxygens (including phenoxy) is 1. The first kappa shape index (κ1) is 23.4. The molecule has 154 valence electrons. The number of phenols is 1. The summed E-state index contributed by atoms with van der Waals surface area (Å²) in [5.41, 5.74) is 1.79. The summed E-state index contributed by atoms with van der Waals surface area (Å²) in [6, 6.07) is 8.89. The molecule has 0 aliphatic heterocycles. The first-order valence-electron chi connectivity index (χ1n) is 9.06. The monoisotopic (exact) mass is 534 g/mol. The summed E-state index contributed by atoms with van der Waals surface area (Å²) < 4.78 is 30.6. The Kier molecular flexibility index (Phi) is 8.59. The zero-order chi connectivity index (χ0) is 20.9. The summed E-state index contributed by atoms with van der Waals surface area (Å²) in [6.45, 7) is 8.33. The lowest BCUT2D eigenvalue weighted by Gasteiger charge is -2.18. The van der Waals surface area contributed by atoms with Gasteiger partial charge in [0.2, 0.25) is 0 Å². The van der Waals surface area contributed by atoms with Gasteiger partial charge < -0.3 is 18.9 Å². The fourth-order valence-electron chi connectivity index (χ4n) is 2.74. The minimum absolute atomic E-state index is 0.0492. The van der Waals surface area contributed by atoms with Crippen molar-refractivity contribution in [2.45, 2.75) is 39.8 Å². The molecule has 0 radical (unpaired) electrons.